The van der Waals surface area contributed by atoms with Crippen molar-refractivity contribution in [1.29, 1.82) is 0 Å². The van der Waals surface area contributed by atoms with Crippen LogP contribution in [0, 0.1) is 0 Å². The molecule has 0 bridgehead atoms. The molecule has 1 saturated carbocycles. The quantitative estimate of drug-likeness (QED) is 0.645. The van der Waals surface area contributed by atoms with Gasteiger partial charge in [0, 0.05) is 25.7 Å². The molecule has 0 amide bonds. The zero-order valence-electron chi connectivity index (χ0n) is 12.6. The fraction of sp³-hybridized carbons (Fsp3) is 0.625. The highest BCUT2D eigenvalue weighted by Gasteiger charge is 2.19. The second kappa shape index (κ2) is 8.12. The smallest absolute Gasteiger partial charge is 0.161 e. The Bertz CT molecular complexity index is 405. The Kier molecular flexibility index (Phi) is 6.15. The van der Waals surface area contributed by atoms with Crippen LogP contribution < -0.4 is 20.1 Å². The van der Waals surface area contributed by atoms with E-state index >= 15 is 0 Å². The van der Waals surface area contributed by atoms with E-state index in [1.807, 2.05) is 19.9 Å². The van der Waals surface area contributed by atoms with Gasteiger partial charge in [-0.25, -0.2) is 0 Å². The molecule has 0 saturated heterocycles. The Morgan fingerprint density at radius 3 is 2.50 bits per heavy atom. The molecule has 2 rings (SSSR count). The van der Waals surface area contributed by atoms with Gasteiger partial charge in [-0.15, -0.1) is 0 Å². The zero-order valence-corrected chi connectivity index (χ0v) is 12.6. The third-order valence-electron chi connectivity index (χ3n) is 3.25. The summed E-state index contributed by atoms with van der Waals surface area (Å²) in [6, 6.07) is 6.94. The molecule has 1 fully saturated rings. The van der Waals surface area contributed by atoms with Gasteiger partial charge in [0.15, 0.2) is 11.5 Å². The summed E-state index contributed by atoms with van der Waals surface area (Å²) < 4.78 is 11.2. The molecule has 4 nitrogen and oxygen atoms in total. The molecule has 0 spiro atoms. The minimum Gasteiger partial charge on any atom is -0.490 e. The van der Waals surface area contributed by atoms with Crippen LogP contribution in [0.25, 0.3) is 0 Å². The van der Waals surface area contributed by atoms with E-state index in [1.165, 1.54) is 18.4 Å². The summed E-state index contributed by atoms with van der Waals surface area (Å²) in [5.74, 6) is 1.67. The van der Waals surface area contributed by atoms with E-state index in [-0.39, 0.29) is 0 Å². The van der Waals surface area contributed by atoms with Gasteiger partial charge in [0.25, 0.3) is 0 Å². The molecule has 0 radical (unpaired) electrons. The molecule has 1 aromatic carbocycles. The molecule has 0 atom stereocenters. The van der Waals surface area contributed by atoms with Gasteiger partial charge in [-0.2, -0.15) is 0 Å². The number of rotatable bonds is 10. The van der Waals surface area contributed by atoms with Crippen LogP contribution in [0.4, 0.5) is 0 Å². The molecule has 0 aromatic heterocycles. The van der Waals surface area contributed by atoms with Crippen molar-refractivity contribution in [2.45, 2.75) is 39.3 Å². The van der Waals surface area contributed by atoms with Gasteiger partial charge in [0.1, 0.15) is 0 Å². The average molecular weight is 278 g/mol. The van der Waals surface area contributed by atoms with Crippen LogP contribution in [-0.4, -0.2) is 32.3 Å². The van der Waals surface area contributed by atoms with Crippen LogP contribution in [0.3, 0.4) is 0 Å². The van der Waals surface area contributed by atoms with E-state index < -0.39 is 0 Å². The Labute approximate surface area is 121 Å². The fourth-order valence-corrected chi connectivity index (χ4v) is 2.09. The van der Waals surface area contributed by atoms with E-state index in [1.54, 1.807) is 0 Å². The third-order valence-corrected chi connectivity index (χ3v) is 3.25. The van der Waals surface area contributed by atoms with Crippen molar-refractivity contribution in [1.82, 2.24) is 10.6 Å². The van der Waals surface area contributed by atoms with E-state index in [9.17, 15) is 0 Å². The van der Waals surface area contributed by atoms with E-state index in [0.29, 0.717) is 13.2 Å². The van der Waals surface area contributed by atoms with Gasteiger partial charge >= 0.3 is 0 Å². The minimum absolute atomic E-state index is 0.655. The molecule has 112 valence electrons. The maximum atomic E-state index is 5.63. The van der Waals surface area contributed by atoms with Gasteiger partial charge in [-0.3, -0.25) is 0 Å². The third kappa shape index (κ3) is 5.02. The van der Waals surface area contributed by atoms with Crippen LogP contribution in [-0.2, 0) is 6.54 Å². The number of nitrogens with one attached hydrogen (secondary N) is 2. The van der Waals surface area contributed by atoms with Crippen molar-refractivity contribution in [2.75, 3.05) is 26.3 Å². The molecule has 0 unspecified atom stereocenters. The summed E-state index contributed by atoms with van der Waals surface area (Å²) in [6.45, 7) is 8.18. The van der Waals surface area contributed by atoms with Gasteiger partial charge in [0.05, 0.1) is 13.2 Å². The molecule has 1 aromatic rings. The number of ether oxygens (including phenoxy) is 2. The Morgan fingerprint density at radius 2 is 1.80 bits per heavy atom. The Morgan fingerprint density at radius 1 is 1.05 bits per heavy atom. The first-order valence-corrected chi connectivity index (χ1v) is 7.66. The molecule has 1 aliphatic rings. The van der Waals surface area contributed by atoms with Crippen molar-refractivity contribution >= 4 is 0 Å². The lowest BCUT2D eigenvalue weighted by Gasteiger charge is -2.13. The van der Waals surface area contributed by atoms with Crippen LogP contribution in [0.1, 0.15) is 32.3 Å². The summed E-state index contributed by atoms with van der Waals surface area (Å²) in [5, 5.41) is 6.94. The number of hydrogen-bond acceptors (Lipinski definition) is 4. The molecule has 1 aliphatic carbocycles. The topological polar surface area (TPSA) is 42.5 Å². The number of benzene rings is 1. The zero-order chi connectivity index (χ0) is 14.2. The summed E-state index contributed by atoms with van der Waals surface area (Å²) in [5.41, 5.74) is 1.23. The first-order chi connectivity index (χ1) is 9.83. The van der Waals surface area contributed by atoms with Crippen LogP contribution >= 0.6 is 0 Å². The first kappa shape index (κ1) is 15.1. The summed E-state index contributed by atoms with van der Waals surface area (Å²) >= 11 is 0. The Hall–Kier alpha value is -1.26. The highest BCUT2D eigenvalue weighted by Crippen LogP contribution is 2.28. The standard InChI is InChI=1S/C16H26N2O2/c1-3-19-15-8-5-13(11-16(15)20-4-2)12-17-9-10-18-14-6-7-14/h5,8,11,14,17-18H,3-4,6-7,9-10,12H2,1-2H3. The minimum atomic E-state index is 0.655. The Balaban J connectivity index is 1.78. The van der Waals surface area contributed by atoms with Crippen molar-refractivity contribution < 1.29 is 9.47 Å². The fourth-order valence-electron chi connectivity index (χ4n) is 2.09. The molecule has 0 heterocycles. The highest BCUT2D eigenvalue weighted by molar-refractivity contribution is 5.43. The van der Waals surface area contributed by atoms with Crippen molar-refractivity contribution in [3.8, 4) is 11.5 Å². The van der Waals surface area contributed by atoms with E-state index in [0.717, 1.165) is 37.2 Å². The van der Waals surface area contributed by atoms with Crippen LogP contribution in [0.5, 0.6) is 11.5 Å². The lowest BCUT2D eigenvalue weighted by atomic mass is 10.2. The van der Waals surface area contributed by atoms with Gasteiger partial charge in [0.2, 0.25) is 0 Å². The van der Waals surface area contributed by atoms with Gasteiger partial charge in [-0.1, -0.05) is 6.07 Å². The molecule has 4 heteroatoms. The lowest BCUT2D eigenvalue weighted by Crippen LogP contribution is -2.28. The maximum absolute atomic E-state index is 5.63. The molecular formula is C16H26N2O2. The van der Waals surface area contributed by atoms with Crippen molar-refractivity contribution in [2.24, 2.45) is 0 Å². The molecule has 2 N–H and O–H groups in total. The van der Waals surface area contributed by atoms with Gasteiger partial charge in [-0.05, 0) is 44.4 Å². The maximum Gasteiger partial charge on any atom is 0.161 e. The normalized spacial score (nSPS) is 14.3. The van der Waals surface area contributed by atoms with Crippen LogP contribution in [0.2, 0.25) is 0 Å². The second-order valence-corrected chi connectivity index (χ2v) is 5.05. The average Bonchev–Trinajstić information content (AvgIpc) is 3.26. The highest BCUT2D eigenvalue weighted by atomic mass is 16.5. The monoisotopic (exact) mass is 278 g/mol. The predicted molar refractivity (Wildman–Crippen MR) is 81.5 cm³/mol. The predicted octanol–water partition coefficient (Wildman–Crippen LogP) is 2.33. The largest absolute Gasteiger partial charge is 0.490 e. The van der Waals surface area contributed by atoms with Crippen LogP contribution in [0.15, 0.2) is 18.2 Å². The molecule has 0 aliphatic heterocycles. The SMILES string of the molecule is CCOc1ccc(CNCCNC2CC2)cc1OCC. The van der Waals surface area contributed by atoms with Gasteiger partial charge < -0.3 is 20.1 Å². The number of hydrogen-bond donors (Lipinski definition) is 2. The second-order valence-electron chi connectivity index (χ2n) is 5.05. The summed E-state index contributed by atoms with van der Waals surface area (Å²) in [4.78, 5) is 0. The molecular weight excluding hydrogens is 252 g/mol. The van der Waals surface area contributed by atoms with Crippen molar-refractivity contribution in [3.05, 3.63) is 23.8 Å². The summed E-state index contributed by atoms with van der Waals surface area (Å²) in [7, 11) is 0. The summed E-state index contributed by atoms with van der Waals surface area (Å²) in [6.07, 6.45) is 2.69. The van der Waals surface area contributed by atoms with Crippen molar-refractivity contribution in [3.63, 3.8) is 0 Å². The van der Waals surface area contributed by atoms with E-state index in [2.05, 4.69) is 22.8 Å². The first-order valence-electron chi connectivity index (χ1n) is 7.66. The lowest BCUT2D eigenvalue weighted by molar-refractivity contribution is 0.287. The van der Waals surface area contributed by atoms with E-state index in [4.69, 9.17) is 9.47 Å². The molecule has 20 heavy (non-hydrogen) atoms.